The summed E-state index contributed by atoms with van der Waals surface area (Å²) in [5.74, 6) is 0.642. The molecule has 0 aliphatic carbocycles. The van der Waals surface area contributed by atoms with Crippen LogP contribution in [0.2, 0.25) is 5.02 Å². The molecule has 2 rings (SSSR count). The average Bonchev–Trinajstić information content (AvgIpc) is 2.76. The molecule has 0 spiro atoms. The van der Waals surface area contributed by atoms with Crippen LogP contribution in [0.3, 0.4) is 0 Å². The van der Waals surface area contributed by atoms with Gasteiger partial charge in [0.25, 0.3) is 10.0 Å². The molecule has 108 valence electrons. The van der Waals surface area contributed by atoms with Crippen molar-refractivity contribution in [3.05, 3.63) is 35.2 Å². The van der Waals surface area contributed by atoms with E-state index in [1.54, 1.807) is 17.6 Å². The molecular formula is C12H15ClN4O2S. The number of nitrogen functional groups attached to an aromatic ring is 1. The van der Waals surface area contributed by atoms with Crippen molar-refractivity contribution < 1.29 is 8.42 Å². The predicted octanol–water partition coefficient (Wildman–Crippen LogP) is 2.25. The summed E-state index contributed by atoms with van der Waals surface area (Å²) in [6, 6.07) is 4.54. The second-order valence-corrected chi connectivity index (χ2v) is 6.29. The van der Waals surface area contributed by atoms with Crippen molar-refractivity contribution in [3.8, 4) is 0 Å². The van der Waals surface area contributed by atoms with E-state index in [0.29, 0.717) is 28.8 Å². The zero-order valence-electron chi connectivity index (χ0n) is 11.1. The Morgan fingerprint density at radius 2 is 2.15 bits per heavy atom. The van der Waals surface area contributed by atoms with Gasteiger partial charge in [0.15, 0.2) is 5.03 Å². The maximum absolute atomic E-state index is 12.2. The second-order valence-electron chi connectivity index (χ2n) is 4.25. The summed E-state index contributed by atoms with van der Waals surface area (Å²) in [4.78, 5) is 4.04. The van der Waals surface area contributed by atoms with Crippen molar-refractivity contribution in [1.29, 1.82) is 0 Å². The lowest BCUT2D eigenvalue weighted by Gasteiger charge is -2.07. The monoisotopic (exact) mass is 314 g/mol. The number of hydrogen-bond acceptors (Lipinski definition) is 4. The van der Waals surface area contributed by atoms with E-state index in [9.17, 15) is 8.42 Å². The van der Waals surface area contributed by atoms with Gasteiger partial charge in [-0.3, -0.25) is 4.72 Å². The molecular weight excluding hydrogens is 300 g/mol. The first kappa shape index (κ1) is 14.7. The average molecular weight is 315 g/mol. The zero-order valence-corrected chi connectivity index (χ0v) is 12.7. The molecule has 8 heteroatoms. The van der Waals surface area contributed by atoms with Gasteiger partial charge < -0.3 is 10.3 Å². The Kier molecular flexibility index (Phi) is 3.92. The molecule has 20 heavy (non-hydrogen) atoms. The minimum atomic E-state index is -3.74. The summed E-state index contributed by atoms with van der Waals surface area (Å²) in [7, 11) is -3.74. The fourth-order valence-corrected chi connectivity index (χ4v) is 2.97. The molecule has 2 aromatic rings. The van der Waals surface area contributed by atoms with Crippen LogP contribution in [0.1, 0.15) is 12.7 Å². The van der Waals surface area contributed by atoms with E-state index in [-0.39, 0.29) is 5.03 Å². The number of anilines is 2. The van der Waals surface area contributed by atoms with Crippen LogP contribution in [0.15, 0.2) is 29.4 Å². The number of nitrogens with one attached hydrogen (secondary N) is 1. The third-order valence-corrected chi connectivity index (χ3v) is 4.40. The lowest BCUT2D eigenvalue weighted by Crippen LogP contribution is -2.13. The number of nitrogens with zero attached hydrogens (tertiary/aromatic N) is 2. The van der Waals surface area contributed by atoms with E-state index in [0.717, 1.165) is 0 Å². The largest absolute Gasteiger partial charge is 0.398 e. The molecule has 0 amide bonds. The minimum Gasteiger partial charge on any atom is -0.398 e. The van der Waals surface area contributed by atoms with Crippen LogP contribution < -0.4 is 10.5 Å². The Hall–Kier alpha value is -1.73. The molecule has 1 aromatic heterocycles. The van der Waals surface area contributed by atoms with Crippen LogP contribution in [-0.4, -0.2) is 18.0 Å². The minimum absolute atomic E-state index is 0.0233. The van der Waals surface area contributed by atoms with E-state index in [1.165, 1.54) is 18.3 Å². The highest BCUT2D eigenvalue weighted by atomic mass is 35.5. The standard InChI is InChI=1S/C12H15ClN4O2S/c1-3-17-7-12(15-8(17)2)20(18,19)16-9-4-5-11(14)10(13)6-9/h4-7,16H,3,14H2,1-2H3. The van der Waals surface area contributed by atoms with E-state index in [1.807, 2.05) is 6.92 Å². The summed E-state index contributed by atoms with van der Waals surface area (Å²) in [6.07, 6.45) is 1.50. The topological polar surface area (TPSA) is 90.0 Å². The van der Waals surface area contributed by atoms with Gasteiger partial charge in [0, 0.05) is 12.7 Å². The number of aromatic nitrogens is 2. The molecule has 0 bridgehead atoms. The van der Waals surface area contributed by atoms with Crippen LogP contribution in [0.4, 0.5) is 11.4 Å². The Balaban J connectivity index is 2.32. The van der Waals surface area contributed by atoms with Gasteiger partial charge in [0.1, 0.15) is 5.82 Å². The number of halogens is 1. The Labute approximate surface area is 122 Å². The van der Waals surface area contributed by atoms with E-state index in [2.05, 4.69) is 9.71 Å². The smallest absolute Gasteiger partial charge is 0.280 e. The first-order valence-corrected chi connectivity index (χ1v) is 7.81. The molecule has 0 atom stereocenters. The van der Waals surface area contributed by atoms with Gasteiger partial charge in [-0.2, -0.15) is 8.42 Å². The molecule has 1 aromatic carbocycles. The van der Waals surface area contributed by atoms with Crippen LogP contribution in [0.5, 0.6) is 0 Å². The summed E-state index contributed by atoms with van der Waals surface area (Å²) in [6.45, 7) is 4.32. The van der Waals surface area contributed by atoms with Gasteiger partial charge in [-0.25, -0.2) is 4.98 Å². The van der Waals surface area contributed by atoms with Gasteiger partial charge in [0.2, 0.25) is 0 Å². The quantitative estimate of drug-likeness (QED) is 0.847. The van der Waals surface area contributed by atoms with E-state index < -0.39 is 10.0 Å². The Morgan fingerprint density at radius 1 is 1.45 bits per heavy atom. The fourth-order valence-electron chi connectivity index (χ4n) is 1.73. The van der Waals surface area contributed by atoms with Crippen LogP contribution in [-0.2, 0) is 16.6 Å². The molecule has 0 radical (unpaired) electrons. The summed E-state index contributed by atoms with van der Waals surface area (Å²) in [5, 5.41) is 0.269. The molecule has 0 aliphatic heterocycles. The maximum atomic E-state index is 12.2. The highest BCUT2D eigenvalue weighted by Gasteiger charge is 2.19. The van der Waals surface area contributed by atoms with E-state index in [4.69, 9.17) is 17.3 Å². The summed E-state index contributed by atoms with van der Waals surface area (Å²) in [5.41, 5.74) is 6.31. The number of rotatable bonds is 4. The summed E-state index contributed by atoms with van der Waals surface area (Å²) >= 11 is 5.86. The SMILES string of the molecule is CCn1cc(S(=O)(=O)Nc2ccc(N)c(Cl)c2)nc1C. The van der Waals surface area contributed by atoms with Crippen molar-refractivity contribution in [2.24, 2.45) is 0 Å². The predicted molar refractivity (Wildman–Crippen MR) is 79.3 cm³/mol. The van der Waals surface area contributed by atoms with Gasteiger partial charge in [0.05, 0.1) is 16.4 Å². The zero-order chi connectivity index (χ0) is 14.9. The van der Waals surface area contributed by atoms with Crippen LogP contribution in [0, 0.1) is 6.92 Å². The number of nitrogens with two attached hydrogens (primary N) is 1. The number of imidazole rings is 1. The highest BCUT2D eigenvalue weighted by Crippen LogP contribution is 2.24. The lowest BCUT2D eigenvalue weighted by molar-refractivity contribution is 0.598. The van der Waals surface area contributed by atoms with Gasteiger partial charge >= 0.3 is 0 Å². The number of aryl methyl sites for hydroxylation is 2. The molecule has 1 heterocycles. The number of benzene rings is 1. The van der Waals surface area contributed by atoms with Gasteiger partial charge in [-0.05, 0) is 32.0 Å². The molecule has 3 N–H and O–H groups in total. The first-order chi connectivity index (χ1) is 9.33. The van der Waals surface area contributed by atoms with Crippen molar-refractivity contribution in [1.82, 2.24) is 9.55 Å². The second kappa shape index (κ2) is 5.34. The van der Waals surface area contributed by atoms with Crippen LogP contribution >= 0.6 is 11.6 Å². The number of hydrogen-bond donors (Lipinski definition) is 2. The molecule has 6 nitrogen and oxygen atoms in total. The van der Waals surface area contributed by atoms with Crippen molar-refractivity contribution >= 4 is 33.0 Å². The molecule has 0 saturated heterocycles. The third kappa shape index (κ3) is 2.88. The Bertz CT molecular complexity index is 740. The van der Waals surface area contributed by atoms with Gasteiger partial charge in [-0.1, -0.05) is 11.6 Å². The van der Waals surface area contributed by atoms with Crippen molar-refractivity contribution in [2.45, 2.75) is 25.4 Å². The van der Waals surface area contributed by atoms with E-state index >= 15 is 0 Å². The molecule has 0 aliphatic rings. The number of sulfonamides is 1. The third-order valence-electron chi connectivity index (χ3n) is 2.82. The fraction of sp³-hybridized carbons (Fsp3) is 0.250. The molecule has 0 fully saturated rings. The van der Waals surface area contributed by atoms with Crippen LogP contribution in [0.25, 0.3) is 0 Å². The molecule has 0 unspecified atom stereocenters. The highest BCUT2D eigenvalue weighted by molar-refractivity contribution is 7.92. The molecule has 0 saturated carbocycles. The first-order valence-electron chi connectivity index (χ1n) is 5.95. The normalized spacial score (nSPS) is 11.6. The maximum Gasteiger partial charge on any atom is 0.280 e. The van der Waals surface area contributed by atoms with Crippen molar-refractivity contribution in [2.75, 3.05) is 10.5 Å². The summed E-state index contributed by atoms with van der Waals surface area (Å²) < 4.78 is 28.6. The Morgan fingerprint density at radius 3 is 2.70 bits per heavy atom. The lowest BCUT2D eigenvalue weighted by atomic mass is 10.3. The van der Waals surface area contributed by atoms with Gasteiger partial charge in [-0.15, -0.1) is 0 Å². The van der Waals surface area contributed by atoms with Crippen molar-refractivity contribution in [3.63, 3.8) is 0 Å².